The Morgan fingerprint density at radius 3 is 1.12 bits per heavy atom. The number of hydrogen-bond donors (Lipinski definition) is 3. The van der Waals surface area contributed by atoms with Crippen LogP contribution in [0.15, 0.2) is 36.5 Å². The molecule has 0 bridgehead atoms. The van der Waals surface area contributed by atoms with Crippen LogP contribution in [0, 0.1) is 0 Å². The molecule has 2 atom stereocenters. The summed E-state index contributed by atoms with van der Waals surface area (Å²) < 4.78 is 5.47. The first-order valence-electron chi connectivity index (χ1n) is 28.3. The molecule has 6 heteroatoms. The van der Waals surface area contributed by atoms with Crippen LogP contribution in [0.2, 0.25) is 0 Å². The first-order chi connectivity index (χ1) is 31.5. The number of rotatable bonds is 52. The molecule has 0 aromatic rings. The molecule has 0 aromatic carbocycles. The van der Waals surface area contributed by atoms with Gasteiger partial charge >= 0.3 is 5.97 Å². The van der Waals surface area contributed by atoms with Gasteiger partial charge in [0.2, 0.25) is 5.91 Å². The summed E-state index contributed by atoms with van der Waals surface area (Å²) in [5, 5.41) is 22.9. The molecule has 1 amide bonds. The SMILES string of the molecule is CCCCCC/C=C\CCCCCCCC(=O)OCCCCCCCCCCCCCC/C=C\CCCCCCCCCCCC(=O)NC(CO)C(O)/C=C/CCCCCCCCC. The maximum atomic E-state index is 12.4. The van der Waals surface area contributed by atoms with E-state index in [4.69, 9.17) is 4.74 Å². The van der Waals surface area contributed by atoms with E-state index in [1.54, 1.807) is 6.08 Å². The number of ether oxygens (including phenoxy) is 1. The van der Waals surface area contributed by atoms with Crippen LogP contribution in [0.5, 0.6) is 0 Å². The van der Waals surface area contributed by atoms with E-state index in [9.17, 15) is 19.8 Å². The fourth-order valence-electron chi connectivity index (χ4n) is 8.50. The normalized spacial score (nSPS) is 12.9. The summed E-state index contributed by atoms with van der Waals surface area (Å²) in [6.45, 7) is 4.86. The second-order valence-corrected chi connectivity index (χ2v) is 19.3. The van der Waals surface area contributed by atoms with Crippen molar-refractivity contribution in [3.05, 3.63) is 36.5 Å². The summed E-state index contributed by atoms with van der Waals surface area (Å²) in [7, 11) is 0. The highest BCUT2D eigenvalue weighted by Gasteiger charge is 2.18. The topological polar surface area (TPSA) is 95.9 Å². The minimum atomic E-state index is -0.844. The number of esters is 1. The van der Waals surface area contributed by atoms with Crippen molar-refractivity contribution in [2.45, 2.75) is 309 Å². The van der Waals surface area contributed by atoms with Gasteiger partial charge in [-0.3, -0.25) is 9.59 Å². The molecule has 376 valence electrons. The number of nitrogens with one attached hydrogen (secondary N) is 1. The van der Waals surface area contributed by atoms with Crippen molar-refractivity contribution in [2.75, 3.05) is 13.2 Å². The monoisotopic (exact) mass is 900 g/mol. The van der Waals surface area contributed by atoms with E-state index < -0.39 is 12.1 Å². The van der Waals surface area contributed by atoms with E-state index in [1.165, 1.54) is 225 Å². The van der Waals surface area contributed by atoms with E-state index >= 15 is 0 Å². The molecular formula is C58H109NO5. The average molecular weight is 901 g/mol. The van der Waals surface area contributed by atoms with Gasteiger partial charge in [-0.15, -0.1) is 0 Å². The Labute approximate surface area is 398 Å². The van der Waals surface area contributed by atoms with Gasteiger partial charge in [0.25, 0.3) is 0 Å². The standard InChI is InChI=1S/C58H109NO5/c1-3-5-7-9-11-13-14-28-32-36-40-44-48-52-58(63)64-53-49-45-41-37-33-30-27-25-23-21-19-17-15-16-18-20-22-24-26-29-31-35-39-43-47-51-57(62)59-55(54-60)56(61)50-46-42-38-34-12-10-8-6-4-2/h13-14,16,18,46,50,55-56,60-61H,3-12,15,17,19-45,47-49,51-54H2,1-2H3,(H,59,62)/b14-13-,18-16-,50-46+. The lowest BCUT2D eigenvalue weighted by atomic mass is 10.0. The minimum Gasteiger partial charge on any atom is -0.466 e. The van der Waals surface area contributed by atoms with E-state index in [0.29, 0.717) is 19.4 Å². The molecule has 0 aliphatic heterocycles. The zero-order valence-corrected chi connectivity index (χ0v) is 42.8. The second-order valence-electron chi connectivity index (χ2n) is 19.3. The third kappa shape index (κ3) is 49.5. The lowest BCUT2D eigenvalue weighted by Gasteiger charge is -2.20. The Morgan fingerprint density at radius 1 is 0.422 bits per heavy atom. The largest absolute Gasteiger partial charge is 0.466 e. The molecule has 0 radical (unpaired) electrons. The number of carbonyl (C=O) groups excluding carboxylic acids is 2. The van der Waals surface area contributed by atoms with E-state index in [2.05, 4.69) is 43.5 Å². The summed E-state index contributed by atoms with van der Waals surface area (Å²) in [6, 6.07) is -0.628. The number of carbonyl (C=O) groups is 2. The maximum absolute atomic E-state index is 12.4. The molecule has 3 N–H and O–H groups in total. The molecular weight excluding hydrogens is 791 g/mol. The van der Waals surface area contributed by atoms with Crippen LogP contribution in [-0.4, -0.2) is 47.4 Å². The number of aliphatic hydroxyl groups is 2. The number of aliphatic hydroxyl groups excluding tert-OH is 2. The molecule has 0 aromatic heterocycles. The van der Waals surface area contributed by atoms with Gasteiger partial charge in [0.15, 0.2) is 0 Å². The predicted octanol–water partition coefficient (Wildman–Crippen LogP) is 17.2. The smallest absolute Gasteiger partial charge is 0.305 e. The van der Waals surface area contributed by atoms with Gasteiger partial charge in [-0.1, -0.05) is 237 Å². The van der Waals surface area contributed by atoms with Gasteiger partial charge in [-0.05, 0) is 83.5 Å². The zero-order chi connectivity index (χ0) is 46.5. The van der Waals surface area contributed by atoms with Gasteiger partial charge in [0, 0.05) is 12.8 Å². The Balaban J connectivity index is 3.39. The van der Waals surface area contributed by atoms with Gasteiger partial charge in [0.1, 0.15) is 0 Å². The van der Waals surface area contributed by atoms with E-state index in [1.807, 2.05) is 6.08 Å². The number of amides is 1. The fourth-order valence-corrected chi connectivity index (χ4v) is 8.50. The van der Waals surface area contributed by atoms with Crippen molar-refractivity contribution >= 4 is 11.9 Å². The summed E-state index contributed by atoms with van der Waals surface area (Å²) in [5.74, 6) is -0.0709. The zero-order valence-electron chi connectivity index (χ0n) is 42.8. The van der Waals surface area contributed by atoms with Crippen LogP contribution in [0.1, 0.15) is 296 Å². The summed E-state index contributed by atoms with van der Waals surface area (Å²) in [5.41, 5.74) is 0. The highest BCUT2D eigenvalue weighted by Crippen LogP contribution is 2.16. The number of unbranched alkanes of at least 4 members (excludes halogenated alkanes) is 37. The lowest BCUT2D eigenvalue weighted by molar-refractivity contribution is -0.143. The average Bonchev–Trinajstić information content (AvgIpc) is 3.29. The summed E-state index contributed by atoms with van der Waals surface area (Å²) in [6.07, 6.45) is 66.1. The van der Waals surface area contributed by atoms with Gasteiger partial charge in [-0.2, -0.15) is 0 Å². The molecule has 0 aliphatic carbocycles. The van der Waals surface area contributed by atoms with Crippen LogP contribution in [0.4, 0.5) is 0 Å². The highest BCUT2D eigenvalue weighted by molar-refractivity contribution is 5.76. The molecule has 0 rings (SSSR count). The van der Waals surface area contributed by atoms with Crippen molar-refractivity contribution in [1.82, 2.24) is 5.32 Å². The van der Waals surface area contributed by atoms with Crippen molar-refractivity contribution in [1.29, 1.82) is 0 Å². The molecule has 64 heavy (non-hydrogen) atoms. The molecule has 0 fully saturated rings. The Hall–Kier alpha value is -1.92. The van der Waals surface area contributed by atoms with Crippen molar-refractivity contribution in [3.63, 3.8) is 0 Å². The Bertz CT molecular complexity index is 1040. The summed E-state index contributed by atoms with van der Waals surface area (Å²) in [4.78, 5) is 24.4. The Morgan fingerprint density at radius 2 is 0.734 bits per heavy atom. The highest BCUT2D eigenvalue weighted by atomic mass is 16.5. The summed E-state index contributed by atoms with van der Waals surface area (Å²) >= 11 is 0. The second kappa shape index (κ2) is 53.7. The predicted molar refractivity (Wildman–Crippen MR) is 278 cm³/mol. The molecule has 0 spiro atoms. The van der Waals surface area contributed by atoms with Gasteiger partial charge in [-0.25, -0.2) is 0 Å². The number of allylic oxidation sites excluding steroid dienone is 5. The van der Waals surface area contributed by atoms with Crippen LogP contribution < -0.4 is 5.32 Å². The third-order valence-corrected chi connectivity index (χ3v) is 12.9. The third-order valence-electron chi connectivity index (χ3n) is 12.9. The quantitative estimate of drug-likeness (QED) is 0.0321. The van der Waals surface area contributed by atoms with Crippen molar-refractivity contribution in [3.8, 4) is 0 Å². The molecule has 0 aliphatic rings. The van der Waals surface area contributed by atoms with Crippen LogP contribution in [-0.2, 0) is 14.3 Å². The number of hydrogen-bond acceptors (Lipinski definition) is 5. The first kappa shape index (κ1) is 62.1. The fraction of sp³-hybridized carbons (Fsp3) is 0.862. The van der Waals surface area contributed by atoms with Gasteiger partial charge < -0.3 is 20.3 Å². The van der Waals surface area contributed by atoms with Crippen molar-refractivity contribution < 1.29 is 24.5 Å². The van der Waals surface area contributed by atoms with Crippen LogP contribution in [0.25, 0.3) is 0 Å². The molecule has 6 nitrogen and oxygen atoms in total. The van der Waals surface area contributed by atoms with E-state index in [0.717, 1.165) is 44.9 Å². The Kier molecular flexibility index (Phi) is 52.1. The maximum Gasteiger partial charge on any atom is 0.305 e. The molecule has 0 saturated heterocycles. The van der Waals surface area contributed by atoms with Crippen LogP contribution >= 0.6 is 0 Å². The minimum absolute atomic E-state index is 0.00317. The molecule has 2 unspecified atom stereocenters. The van der Waals surface area contributed by atoms with Gasteiger partial charge in [0.05, 0.1) is 25.4 Å². The van der Waals surface area contributed by atoms with E-state index in [-0.39, 0.29) is 18.5 Å². The lowest BCUT2D eigenvalue weighted by Crippen LogP contribution is -2.45. The van der Waals surface area contributed by atoms with Crippen molar-refractivity contribution in [2.24, 2.45) is 0 Å². The van der Waals surface area contributed by atoms with Crippen LogP contribution in [0.3, 0.4) is 0 Å². The first-order valence-corrected chi connectivity index (χ1v) is 28.3. The molecule has 0 heterocycles. The molecule has 0 saturated carbocycles.